The third-order valence-corrected chi connectivity index (χ3v) is 1.29. The Bertz CT molecular complexity index is 235. The zero-order chi connectivity index (χ0) is 7.56. The molecular weight excluding hydrogens is 131 g/mol. The molecule has 1 aromatic heterocycles. The highest BCUT2D eigenvalue weighted by Gasteiger charge is 1.96. The number of hydrogen-bond donors (Lipinski definition) is 1. The van der Waals surface area contributed by atoms with Crippen molar-refractivity contribution in [1.29, 1.82) is 0 Å². The number of halogens is 1. The van der Waals surface area contributed by atoms with Crippen molar-refractivity contribution in [2.45, 2.75) is 6.92 Å². The molecule has 0 aliphatic rings. The fraction of sp³-hybridized carbons (Fsp3) is 0.286. The Morgan fingerprint density at radius 1 is 1.60 bits per heavy atom. The van der Waals surface area contributed by atoms with Crippen LogP contribution in [-0.4, -0.2) is 12.0 Å². The summed E-state index contributed by atoms with van der Waals surface area (Å²) in [6.45, 7) is 1.68. The van der Waals surface area contributed by atoms with Gasteiger partial charge in [-0.15, -0.1) is 0 Å². The maximum atomic E-state index is 12.7. The van der Waals surface area contributed by atoms with Crippen molar-refractivity contribution in [3.63, 3.8) is 0 Å². The maximum absolute atomic E-state index is 12.7. The van der Waals surface area contributed by atoms with Gasteiger partial charge in [0.05, 0.1) is 0 Å². The van der Waals surface area contributed by atoms with Gasteiger partial charge < -0.3 is 5.32 Å². The fourth-order valence-electron chi connectivity index (χ4n) is 0.636. The lowest BCUT2D eigenvalue weighted by Gasteiger charge is -1.99. The number of rotatable bonds is 1. The first kappa shape index (κ1) is 6.99. The molecule has 1 N–H and O–H groups in total. The summed E-state index contributed by atoms with van der Waals surface area (Å²) in [5.41, 5.74) is 0.569. The second-order valence-electron chi connectivity index (χ2n) is 2.07. The minimum Gasteiger partial charge on any atom is -0.373 e. The lowest BCUT2D eigenvalue weighted by molar-refractivity contribution is 0.616. The summed E-state index contributed by atoms with van der Waals surface area (Å²) in [6.07, 6.45) is 1.50. The molecule has 0 fully saturated rings. The second-order valence-corrected chi connectivity index (χ2v) is 2.07. The lowest BCUT2D eigenvalue weighted by Crippen LogP contribution is -1.93. The molecule has 54 valence electrons. The Labute approximate surface area is 59.1 Å². The Balaban J connectivity index is 3.04. The lowest BCUT2D eigenvalue weighted by atomic mass is 10.3. The molecule has 0 radical (unpaired) electrons. The highest BCUT2D eigenvalue weighted by atomic mass is 19.1. The normalized spacial score (nSPS) is 9.50. The summed E-state index contributed by atoms with van der Waals surface area (Å²) < 4.78 is 12.7. The van der Waals surface area contributed by atoms with Gasteiger partial charge in [-0.1, -0.05) is 0 Å². The van der Waals surface area contributed by atoms with E-state index in [1.807, 2.05) is 0 Å². The molecule has 0 amide bonds. The molecule has 0 bridgehead atoms. The van der Waals surface area contributed by atoms with Gasteiger partial charge in [-0.3, -0.25) is 0 Å². The molecule has 3 heteroatoms. The van der Waals surface area contributed by atoms with Gasteiger partial charge in [0.2, 0.25) is 0 Å². The Morgan fingerprint density at radius 3 is 2.80 bits per heavy atom. The third kappa shape index (κ3) is 1.23. The molecule has 1 heterocycles. The van der Waals surface area contributed by atoms with Gasteiger partial charge in [-0.25, -0.2) is 9.37 Å². The van der Waals surface area contributed by atoms with E-state index in [0.29, 0.717) is 11.4 Å². The van der Waals surface area contributed by atoms with Crippen LogP contribution < -0.4 is 5.32 Å². The molecule has 0 saturated heterocycles. The number of nitrogens with zero attached hydrogens (tertiary/aromatic N) is 1. The van der Waals surface area contributed by atoms with Crippen LogP contribution in [0.3, 0.4) is 0 Å². The predicted octanol–water partition coefficient (Wildman–Crippen LogP) is 1.57. The van der Waals surface area contributed by atoms with Gasteiger partial charge in [0.15, 0.2) is 0 Å². The van der Waals surface area contributed by atoms with E-state index in [2.05, 4.69) is 10.3 Å². The van der Waals surface area contributed by atoms with Crippen LogP contribution in [0.4, 0.5) is 10.2 Å². The molecule has 10 heavy (non-hydrogen) atoms. The average Bonchev–Trinajstić information content (AvgIpc) is 1.95. The number of aromatic nitrogens is 1. The van der Waals surface area contributed by atoms with Gasteiger partial charge in [0, 0.05) is 24.9 Å². The molecular formula is C7H9FN2. The van der Waals surface area contributed by atoms with Crippen LogP contribution in [0, 0.1) is 12.7 Å². The Morgan fingerprint density at radius 2 is 2.30 bits per heavy atom. The van der Waals surface area contributed by atoms with E-state index >= 15 is 0 Å². The third-order valence-electron chi connectivity index (χ3n) is 1.29. The number of aryl methyl sites for hydroxylation is 1. The fourth-order valence-corrected chi connectivity index (χ4v) is 0.636. The zero-order valence-corrected chi connectivity index (χ0v) is 5.98. The van der Waals surface area contributed by atoms with Crippen molar-refractivity contribution < 1.29 is 4.39 Å². The minimum atomic E-state index is -0.223. The number of nitrogens with one attached hydrogen (secondary N) is 1. The zero-order valence-electron chi connectivity index (χ0n) is 5.98. The van der Waals surface area contributed by atoms with E-state index in [4.69, 9.17) is 0 Å². The van der Waals surface area contributed by atoms with Crippen molar-refractivity contribution in [2.75, 3.05) is 12.4 Å². The summed E-state index contributed by atoms with van der Waals surface area (Å²) in [4.78, 5) is 3.91. The van der Waals surface area contributed by atoms with Crippen molar-refractivity contribution >= 4 is 5.82 Å². The van der Waals surface area contributed by atoms with Crippen LogP contribution >= 0.6 is 0 Å². The topological polar surface area (TPSA) is 24.9 Å². The molecule has 0 atom stereocenters. The van der Waals surface area contributed by atoms with Crippen molar-refractivity contribution in [1.82, 2.24) is 4.98 Å². The highest BCUT2D eigenvalue weighted by Crippen LogP contribution is 2.08. The van der Waals surface area contributed by atoms with Crippen molar-refractivity contribution in [3.8, 4) is 0 Å². The first-order valence-corrected chi connectivity index (χ1v) is 3.04. The first-order chi connectivity index (χ1) is 4.74. The SMILES string of the molecule is CNc1cc(F)c(C)cn1. The number of anilines is 1. The van der Waals surface area contributed by atoms with E-state index < -0.39 is 0 Å². The van der Waals surface area contributed by atoms with Gasteiger partial charge in [0.25, 0.3) is 0 Å². The van der Waals surface area contributed by atoms with E-state index in [9.17, 15) is 4.39 Å². The van der Waals surface area contributed by atoms with E-state index in [1.165, 1.54) is 12.3 Å². The summed E-state index contributed by atoms with van der Waals surface area (Å²) in [5, 5.41) is 2.74. The molecule has 2 nitrogen and oxygen atoms in total. The van der Waals surface area contributed by atoms with Crippen molar-refractivity contribution in [2.24, 2.45) is 0 Å². The van der Waals surface area contributed by atoms with E-state index in [-0.39, 0.29) is 5.82 Å². The van der Waals surface area contributed by atoms with Crippen LogP contribution in [0.1, 0.15) is 5.56 Å². The number of hydrogen-bond acceptors (Lipinski definition) is 2. The molecule has 1 rings (SSSR count). The van der Waals surface area contributed by atoms with Crippen LogP contribution in [0.15, 0.2) is 12.3 Å². The molecule has 0 aliphatic carbocycles. The molecule has 1 aromatic rings. The Kier molecular flexibility index (Phi) is 1.85. The van der Waals surface area contributed by atoms with Crippen molar-refractivity contribution in [3.05, 3.63) is 23.6 Å². The predicted molar refractivity (Wildman–Crippen MR) is 38.5 cm³/mol. The van der Waals surface area contributed by atoms with Crippen LogP contribution in [0.25, 0.3) is 0 Å². The van der Waals surface area contributed by atoms with Crippen LogP contribution in [0.5, 0.6) is 0 Å². The largest absolute Gasteiger partial charge is 0.373 e. The van der Waals surface area contributed by atoms with E-state index in [1.54, 1.807) is 14.0 Å². The van der Waals surface area contributed by atoms with Gasteiger partial charge in [-0.05, 0) is 6.92 Å². The molecule has 0 spiro atoms. The maximum Gasteiger partial charge on any atom is 0.131 e. The Hall–Kier alpha value is -1.12. The standard InChI is InChI=1S/C7H9FN2/c1-5-4-10-7(9-2)3-6(5)8/h3-4H,1-2H3,(H,9,10). The van der Waals surface area contributed by atoms with Crippen LogP contribution in [0.2, 0.25) is 0 Å². The summed E-state index contributed by atoms with van der Waals surface area (Å²) in [6, 6.07) is 1.37. The second kappa shape index (κ2) is 2.64. The quantitative estimate of drug-likeness (QED) is 0.640. The summed E-state index contributed by atoms with van der Waals surface area (Å²) >= 11 is 0. The molecule has 0 unspecified atom stereocenters. The van der Waals surface area contributed by atoms with E-state index in [0.717, 1.165) is 0 Å². The highest BCUT2D eigenvalue weighted by molar-refractivity contribution is 5.35. The average molecular weight is 140 g/mol. The smallest absolute Gasteiger partial charge is 0.131 e. The van der Waals surface area contributed by atoms with Gasteiger partial charge in [-0.2, -0.15) is 0 Å². The van der Waals surface area contributed by atoms with Crippen LogP contribution in [-0.2, 0) is 0 Å². The molecule has 0 saturated carbocycles. The molecule has 0 aromatic carbocycles. The summed E-state index contributed by atoms with van der Waals surface area (Å²) in [5.74, 6) is 0.336. The van der Waals surface area contributed by atoms with Gasteiger partial charge in [0.1, 0.15) is 11.6 Å². The molecule has 0 aliphatic heterocycles. The minimum absolute atomic E-state index is 0.223. The monoisotopic (exact) mass is 140 g/mol. The summed E-state index contributed by atoms with van der Waals surface area (Å²) in [7, 11) is 1.71. The van der Waals surface area contributed by atoms with Gasteiger partial charge >= 0.3 is 0 Å². The number of pyridine rings is 1. The first-order valence-electron chi connectivity index (χ1n) is 3.04.